The molecule has 3 aromatic rings. The number of hydrogen-bond acceptors (Lipinski definition) is 4. The van der Waals surface area contributed by atoms with Gasteiger partial charge in [0.15, 0.2) is 0 Å². The van der Waals surface area contributed by atoms with Crippen molar-refractivity contribution >= 4 is 11.0 Å². The fraction of sp³-hybridized carbons (Fsp3) is 0.211. The predicted molar refractivity (Wildman–Crippen MR) is 91.7 cm³/mol. The van der Waals surface area contributed by atoms with Crippen molar-refractivity contribution < 1.29 is 9.52 Å². The quantitative estimate of drug-likeness (QED) is 0.752. The van der Waals surface area contributed by atoms with Gasteiger partial charge in [-0.1, -0.05) is 30.3 Å². The molecule has 3 rings (SSSR count). The van der Waals surface area contributed by atoms with Gasteiger partial charge in [0.25, 0.3) is 0 Å². The lowest BCUT2D eigenvalue weighted by molar-refractivity contribution is 0.385. The lowest BCUT2D eigenvalue weighted by atomic mass is 9.97. The summed E-state index contributed by atoms with van der Waals surface area (Å²) in [6.45, 7) is 2.38. The molecule has 2 aromatic carbocycles. The molecular weight excluding hydrogens is 290 g/mol. The van der Waals surface area contributed by atoms with Gasteiger partial charge in [-0.15, -0.1) is 0 Å². The summed E-state index contributed by atoms with van der Waals surface area (Å²) in [6.07, 6.45) is 0. The molecule has 0 aliphatic rings. The van der Waals surface area contributed by atoms with Gasteiger partial charge in [0.1, 0.15) is 11.3 Å². The number of nitrogens with zero attached hydrogens (tertiary/aromatic N) is 1. The van der Waals surface area contributed by atoms with E-state index in [0.717, 1.165) is 22.1 Å². The molecule has 0 bridgehead atoms. The van der Waals surface area contributed by atoms with Crippen molar-refractivity contribution in [2.45, 2.75) is 13.5 Å². The van der Waals surface area contributed by atoms with Crippen LogP contribution in [0, 0.1) is 6.92 Å². The Morgan fingerprint density at radius 2 is 1.83 bits per heavy atom. The fourth-order valence-corrected chi connectivity index (χ4v) is 2.83. The van der Waals surface area contributed by atoms with Gasteiger partial charge < -0.3 is 14.4 Å². The van der Waals surface area contributed by atoms with E-state index in [-0.39, 0.29) is 5.75 Å². The second kappa shape index (κ2) is 5.89. The molecule has 0 spiro atoms. The highest BCUT2D eigenvalue weighted by Gasteiger charge is 2.16. The van der Waals surface area contributed by atoms with Crippen LogP contribution in [0.4, 0.5) is 0 Å². The first-order valence-corrected chi connectivity index (χ1v) is 7.47. The number of rotatable bonds is 3. The van der Waals surface area contributed by atoms with Crippen LogP contribution in [0.2, 0.25) is 0 Å². The molecule has 0 atom stereocenters. The van der Waals surface area contributed by atoms with E-state index < -0.39 is 5.63 Å². The molecule has 0 amide bonds. The molecule has 23 heavy (non-hydrogen) atoms. The molecule has 0 unspecified atom stereocenters. The predicted octanol–water partition coefficient (Wildman–Crippen LogP) is 3.54. The molecule has 1 heterocycles. The van der Waals surface area contributed by atoms with Gasteiger partial charge in [-0.05, 0) is 38.2 Å². The first-order valence-electron chi connectivity index (χ1n) is 7.47. The topological polar surface area (TPSA) is 53.7 Å². The monoisotopic (exact) mass is 309 g/mol. The van der Waals surface area contributed by atoms with E-state index in [1.807, 2.05) is 55.4 Å². The third kappa shape index (κ3) is 2.85. The summed E-state index contributed by atoms with van der Waals surface area (Å²) in [5.41, 5.74) is 3.20. The van der Waals surface area contributed by atoms with Crippen molar-refractivity contribution in [3.05, 3.63) is 64.0 Å². The maximum Gasteiger partial charge on any atom is 0.336 e. The average Bonchev–Trinajstić information content (AvgIpc) is 2.53. The van der Waals surface area contributed by atoms with Crippen LogP contribution >= 0.6 is 0 Å². The Labute approximate surface area is 134 Å². The molecule has 1 N–H and O–H groups in total. The Balaban J connectivity index is 2.37. The van der Waals surface area contributed by atoms with Gasteiger partial charge >= 0.3 is 5.63 Å². The highest BCUT2D eigenvalue weighted by Crippen LogP contribution is 2.35. The summed E-state index contributed by atoms with van der Waals surface area (Å²) in [4.78, 5) is 13.9. The van der Waals surface area contributed by atoms with E-state index in [4.69, 9.17) is 4.42 Å². The highest BCUT2D eigenvalue weighted by atomic mass is 16.4. The Kier molecular flexibility index (Phi) is 3.92. The minimum absolute atomic E-state index is 0.180. The normalized spacial score (nSPS) is 11.3. The van der Waals surface area contributed by atoms with Crippen LogP contribution in [0.5, 0.6) is 5.75 Å². The third-order valence-electron chi connectivity index (χ3n) is 3.89. The lowest BCUT2D eigenvalue weighted by Crippen LogP contribution is -2.11. The van der Waals surface area contributed by atoms with Crippen molar-refractivity contribution in [3.8, 4) is 16.9 Å². The van der Waals surface area contributed by atoms with Crippen LogP contribution in [0.15, 0.2) is 51.7 Å². The smallest absolute Gasteiger partial charge is 0.336 e. The molecular formula is C19H19NO3. The van der Waals surface area contributed by atoms with Gasteiger partial charge in [-0.2, -0.15) is 0 Å². The Morgan fingerprint density at radius 3 is 2.48 bits per heavy atom. The third-order valence-corrected chi connectivity index (χ3v) is 3.89. The second-order valence-electron chi connectivity index (χ2n) is 5.97. The number of aryl methyl sites for hydroxylation is 1. The molecule has 0 aliphatic carbocycles. The summed E-state index contributed by atoms with van der Waals surface area (Å²) in [7, 11) is 3.89. The summed E-state index contributed by atoms with van der Waals surface area (Å²) in [5.74, 6) is 0.180. The van der Waals surface area contributed by atoms with Gasteiger partial charge in [0.05, 0.1) is 0 Å². The molecule has 4 nitrogen and oxygen atoms in total. The molecule has 4 heteroatoms. The van der Waals surface area contributed by atoms with E-state index in [1.165, 1.54) is 6.07 Å². The van der Waals surface area contributed by atoms with E-state index >= 15 is 0 Å². The Bertz CT molecular complexity index is 911. The van der Waals surface area contributed by atoms with Gasteiger partial charge in [0, 0.05) is 29.1 Å². The Morgan fingerprint density at radius 1 is 1.13 bits per heavy atom. The van der Waals surface area contributed by atoms with Crippen LogP contribution in [0.1, 0.15) is 11.1 Å². The summed E-state index contributed by atoms with van der Waals surface area (Å²) < 4.78 is 5.37. The number of phenolic OH excluding ortho intramolecular Hbond substituents is 1. The van der Waals surface area contributed by atoms with Crippen molar-refractivity contribution in [3.63, 3.8) is 0 Å². The number of hydrogen-bond donors (Lipinski definition) is 1. The number of benzene rings is 2. The summed E-state index contributed by atoms with van der Waals surface area (Å²) in [6, 6.07) is 13.1. The van der Waals surface area contributed by atoms with Crippen molar-refractivity contribution in [1.29, 1.82) is 0 Å². The highest BCUT2D eigenvalue weighted by molar-refractivity contribution is 5.96. The molecule has 0 fully saturated rings. The van der Waals surface area contributed by atoms with Crippen LogP contribution in [-0.4, -0.2) is 24.1 Å². The van der Waals surface area contributed by atoms with E-state index in [2.05, 4.69) is 0 Å². The molecule has 0 aliphatic heterocycles. The van der Waals surface area contributed by atoms with E-state index in [1.54, 1.807) is 6.92 Å². The first-order chi connectivity index (χ1) is 11.0. The maximum absolute atomic E-state index is 11.9. The number of aromatic hydroxyl groups is 1. The minimum atomic E-state index is -0.417. The number of phenols is 1. The van der Waals surface area contributed by atoms with Gasteiger partial charge in [-0.3, -0.25) is 0 Å². The second-order valence-corrected chi connectivity index (χ2v) is 5.97. The minimum Gasteiger partial charge on any atom is -0.507 e. The molecule has 0 radical (unpaired) electrons. The SMILES string of the molecule is Cc1c(O)c(CN(C)C)cc2c(-c3ccccc3)cc(=O)oc12. The molecule has 118 valence electrons. The largest absolute Gasteiger partial charge is 0.507 e. The summed E-state index contributed by atoms with van der Waals surface area (Å²) >= 11 is 0. The van der Waals surface area contributed by atoms with Crippen LogP contribution in [0.3, 0.4) is 0 Å². The van der Waals surface area contributed by atoms with Gasteiger partial charge in [0.2, 0.25) is 0 Å². The van der Waals surface area contributed by atoms with Crippen LogP contribution in [-0.2, 0) is 6.54 Å². The van der Waals surface area contributed by atoms with Gasteiger partial charge in [-0.25, -0.2) is 4.79 Å². The number of fused-ring (bicyclic) bond motifs is 1. The maximum atomic E-state index is 11.9. The first kappa shape index (κ1) is 15.3. The molecule has 0 saturated carbocycles. The van der Waals surface area contributed by atoms with Crippen molar-refractivity contribution in [2.24, 2.45) is 0 Å². The van der Waals surface area contributed by atoms with Crippen molar-refractivity contribution in [1.82, 2.24) is 4.90 Å². The van der Waals surface area contributed by atoms with Crippen molar-refractivity contribution in [2.75, 3.05) is 14.1 Å². The molecule has 0 saturated heterocycles. The fourth-order valence-electron chi connectivity index (χ4n) is 2.83. The van der Waals surface area contributed by atoms with Crippen LogP contribution in [0.25, 0.3) is 22.1 Å². The zero-order valence-corrected chi connectivity index (χ0v) is 13.5. The van der Waals surface area contributed by atoms with E-state index in [0.29, 0.717) is 17.7 Å². The van der Waals surface area contributed by atoms with Crippen LogP contribution < -0.4 is 5.63 Å². The zero-order chi connectivity index (χ0) is 16.6. The molecule has 1 aromatic heterocycles. The average molecular weight is 309 g/mol. The van der Waals surface area contributed by atoms with E-state index in [9.17, 15) is 9.90 Å². The standard InChI is InChI=1S/C19H19NO3/c1-12-18(22)14(11-20(2)3)9-16-15(10-17(21)23-19(12)16)13-7-5-4-6-8-13/h4-10,22H,11H2,1-3H3. The zero-order valence-electron chi connectivity index (χ0n) is 13.5. The Hall–Kier alpha value is -2.59. The summed E-state index contributed by atoms with van der Waals surface area (Å²) in [5, 5.41) is 11.2. The lowest BCUT2D eigenvalue weighted by Gasteiger charge is -2.15.